The SMILES string of the molecule is O=C(c1ccc(CS(=O)(=O)c2cccc3cccnc23)cc1)N1CCCN(Cc2cccc(O)c2)CC1. The number of nitrogens with zero attached hydrogens (tertiary/aromatic N) is 3. The van der Waals surface area contributed by atoms with Crippen molar-refractivity contribution in [3.63, 3.8) is 0 Å². The highest BCUT2D eigenvalue weighted by atomic mass is 32.2. The van der Waals surface area contributed by atoms with Gasteiger partial charge in [0.05, 0.1) is 16.2 Å². The molecule has 0 atom stereocenters. The number of pyridine rings is 1. The van der Waals surface area contributed by atoms with Crippen LogP contribution in [0, 0.1) is 0 Å². The molecule has 4 aromatic rings. The Balaban J connectivity index is 1.23. The van der Waals surface area contributed by atoms with Crippen LogP contribution in [0.1, 0.15) is 27.9 Å². The van der Waals surface area contributed by atoms with Gasteiger partial charge in [0.2, 0.25) is 0 Å². The van der Waals surface area contributed by atoms with Gasteiger partial charge in [-0.25, -0.2) is 8.42 Å². The van der Waals surface area contributed by atoms with Gasteiger partial charge >= 0.3 is 0 Å². The molecule has 5 rings (SSSR count). The predicted octanol–water partition coefficient (Wildman–Crippen LogP) is 4.26. The highest BCUT2D eigenvalue weighted by Crippen LogP contribution is 2.24. The molecule has 0 saturated carbocycles. The molecular weight excluding hydrogens is 486 g/mol. The minimum Gasteiger partial charge on any atom is -0.508 e. The van der Waals surface area contributed by atoms with Crippen molar-refractivity contribution in [3.8, 4) is 5.75 Å². The number of hydrogen-bond donors (Lipinski definition) is 1. The smallest absolute Gasteiger partial charge is 0.253 e. The number of rotatable bonds is 6. The average molecular weight is 516 g/mol. The summed E-state index contributed by atoms with van der Waals surface area (Å²) in [5, 5.41) is 10.5. The van der Waals surface area contributed by atoms with Crippen LogP contribution in [-0.2, 0) is 22.1 Å². The van der Waals surface area contributed by atoms with E-state index in [1.807, 2.05) is 29.2 Å². The van der Waals surface area contributed by atoms with Crippen LogP contribution in [0.3, 0.4) is 0 Å². The molecule has 1 aliphatic rings. The zero-order valence-electron chi connectivity index (χ0n) is 20.5. The Kier molecular flexibility index (Phi) is 7.21. The summed E-state index contributed by atoms with van der Waals surface area (Å²) in [7, 11) is -3.61. The van der Waals surface area contributed by atoms with Crippen LogP contribution in [0.25, 0.3) is 10.9 Å². The molecule has 190 valence electrons. The molecule has 0 unspecified atom stereocenters. The number of carbonyl (C=O) groups excluding carboxylic acids is 1. The number of carbonyl (C=O) groups is 1. The van der Waals surface area contributed by atoms with E-state index in [0.29, 0.717) is 29.7 Å². The second-order valence-corrected chi connectivity index (χ2v) is 11.3. The predicted molar refractivity (Wildman–Crippen MR) is 143 cm³/mol. The summed E-state index contributed by atoms with van der Waals surface area (Å²) in [4.78, 5) is 21.8. The van der Waals surface area contributed by atoms with Crippen LogP contribution in [-0.4, -0.2) is 60.4 Å². The monoisotopic (exact) mass is 515 g/mol. The van der Waals surface area contributed by atoms with Crippen LogP contribution >= 0.6 is 0 Å². The first-order valence-corrected chi connectivity index (χ1v) is 14.0. The first kappa shape index (κ1) is 24.9. The summed E-state index contributed by atoms with van der Waals surface area (Å²) in [5.41, 5.74) is 2.69. The normalized spacial score (nSPS) is 15.0. The Bertz CT molecular complexity index is 1510. The fourth-order valence-electron chi connectivity index (χ4n) is 4.80. The number of benzene rings is 3. The molecule has 0 spiro atoms. The molecule has 1 aromatic heterocycles. The van der Waals surface area contributed by atoms with Crippen molar-refractivity contribution in [2.75, 3.05) is 26.2 Å². The molecular formula is C29H29N3O4S. The fourth-order valence-corrected chi connectivity index (χ4v) is 6.33. The number of para-hydroxylation sites is 1. The number of aromatic nitrogens is 1. The first-order valence-electron chi connectivity index (χ1n) is 12.3. The Morgan fingerprint density at radius 1 is 0.865 bits per heavy atom. The number of amides is 1. The van der Waals surface area contributed by atoms with E-state index in [1.165, 1.54) is 0 Å². The molecule has 1 fully saturated rings. The third-order valence-corrected chi connectivity index (χ3v) is 8.39. The molecule has 7 nitrogen and oxygen atoms in total. The van der Waals surface area contributed by atoms with Crippen molar-refractivity contribution in [1.29, 1.82) is 0 Å². The largest absolute Gasteiger partial charge is 0.508 e. The summed E-state index contributed by atoms with van der Waals surface area (Å²) in [5.74, 6) is 0.0475. The lowest BCUT2D eigenvalue weighted by Gasteiger charge is -2.22. The summed E-state index contributed by atoms with van der Waals surface area (Å²) < 4.78 is 26.3. The van der Waals surface area contributed by atoms with Gasteiger partial charge in [0.1, 0.15) is 5.75 Å². The Morgan fingerprint density at radius 3 is 2.46 bits per heavy atom. The van der Waals surface area contributed by atoms with Gasteiger partial charge in [-0.15, -0.1) is 0 Å². The molecule has 2 heterocycles. The highest BCUT2D eigenvalue weighted by molar-refractivity contribution is 7.90. The summed E-state index contributed by atoms with van der Waals surface area (Å²) in [6.07, 6.45) is 2.45. The van der Waals surface area contributed by atoms with Gasteiger partial charge in [0, 0.05) is 49.9 Å². The quantitative estimate of drug-likeness (QED) is 0.413. The zero-order valence-corrected chi connectivity index (χ0v) is 21.3. The molecule has 1 amide bonds. The maximum atomic E-state index is 13.2. The van der Waals surface area contributed by atoms with E-state index >= 15 is 0 Å². The highest BCUT2D eigenvalue weighted by Gasteiger charge is 2.22. The number of phenols is 1. The minimum atomic E-state index is -3.61. The van der Waals surface area contributed by atoms with Gasteiger partial charge in [0.15, 0.2) is 9.84 Å². The Morgan fingerprint density at radius 2 is 1.65 bits per heavy atom. The Hall–Kier alpha value is -3.75. The number of aromatic hydroxyl groups is 1. The zero-order chi connectivity index (χ0) is 25.8. The van der Waals surface area contributed by atoms with E-state index < -0.39 is 9.84 Å². The van der Waals surface area contributed by atoms with Crippen molar-refractivity contribution in [2.24, 2.45) is 0 Å². The lowest BCUT2D eigenvalue weighted by Crippen LogP contribution is -2.35. The molecule has 37 heavy (non-hydrogen) atoms. The maximum Gasteiger partial charge on any atom is 0.253 e. The van der Waals surface area contributed by atoms with Crippen LogP contribution < -0.4 is 0 Å². The Labute approximate surface area is 216 Å². The second-order valence-electron chi connectivity index (χ2n) is 9.38. The first-order chi connectivity index (χ1) is 17.9. The summed E-state index contributed by atoms with van der Waals surface area (Å²) in [6, 6.07) is 22.9. The van der Waals surface area contributed by atoms with Gasteiger partial charge in [-0.2, -0.15) is 0 Å². The minimum absolute atomic E-state index is 0.0492. The molecule has 1 N–H and O–H groups in total. The van der Waals surface area contributed by atoms with Crippen molar-refractivity contribution < 1.29 is 18.3 Å². The van der Waals surface area contributed by atoms with Gasteiger partial charge in [-0.3, -0.25) is 14.7 Å². The standard InChI is InChI=1S/C29H29N3O4S/c33-26-8-1-5-23(19-26)20-31-15-4-16-32(18-17-31)29(34)25-12-10-22(11-13-25)21-37(35,36)27-9-2-6-24-7-3-14-30-28(24)27/h1-3,5-14,19,33H,4,15-18,20-21H2. The van der Waals surface area contributed by atoms with E-state index in [2.05, 4.69) is 9.88 Å². The van der Waals surface area contributed by atoms with Crippen LogP contribution in [0.2, 0.25) is 0 Å². The van der Waals surface area contributed by atoms with E-state index in [4.69, 9.17) is 0 Å². The van der Waals surface area contributed by atoms with E-state index in [9.17, 15) is 18.3 Å². The van der Waals surface area contributed by atoms with E-state index in [-0.39, 0.29) is 22.3 Å². The molecule has 8 heteroatoms. The molecule has 1 aliphatic heterocycles. The van der Waals surface area contributed by atoms with Crippen molar-refractivity contribution >= 4 is 26.6 Å². The topological polar surface area (TPSA) is 90.8 Å². The van der Waals surface area contributed by atoms with Crippen molar-refractivity contribution in [1.82, 2.24) is 14.8 Å². The van der Waals surface area contributed by atoms with Gasteiger partial charge in [-0.05, 0) is 53.9 Å². The molecule has 3 aromatic carbocycles. The third-order valence-electron chi connectivity index (χ3n) is 6.68. The fraction of sp³-hybridized carbons (Fsp3) is 0.241. The molecule has 0 radical (unpaired) electrons. The summed E-state index contributed by atoms with van der Waals surface area (Å²) >= 11 is 0. The number of sulfone groups is 1. The molecule has 0 aliphatic carbocycles. The van der Waals surface area contributed by atoms with Gasteiger partial charge in [-0.1, -0.05) is 42.5 Å². The van der Waals surface area contributed by atoms with E-state index in [1.54, 1.807) is 60.8 Å². The maximum absolute atomic E-state index is 13.2. The molecule has 1 saturated heterocycles. The molecule has 0 bridgehead atoms. The van der Waals surface area contributed by atoms with E-state index in [0.717, 1.165) is 37.0 Å². The van der Waals surface area contributed by atoms with Crippen molar-refractivity contribution in [2.45, 2.75) is 23.6 Å². The number of fused-ring (bicyclic) bond motifs is 1. The number of hydrogen-bond acceptors (Lipinski definition) is 6. The lowest BCUT2D eigenvalue weighted by molar-refractivity contribution is 0.0761. The summed E-state index contributed by atoms with van der Waals surface area (Å²) in [6.45, 7) is 3.63. The van der Waals surface area contributed by atoms with Crippen LogP contribution in [0.15, 0.2) is 90.0 Å². The second kappa shape index (κ2) is 10.7. The third kappa shape index (κ3) is 5.81. The van der Waals surface area contributed by atoms with Gasteiger partial charge in [0.25, 0.3) is 5.91 Å². The van der Waals surface area contributed by atoms with Gasteiger partial charge < -0.3 is 10.0 Å². The van der Waals surface area contributed by atoms with Crippen LogP contribution in [0.4, 0.5) is 0 Å². The number of phenolic OH excluding ortho intramolecular Hbond substituents is 1. The lowest BCUT2D eigenvalue weighted by atomic mass is 10.1. The average Bonchev–Trinajstić information content (AvgIpc) is 3.14. The van der Waals surface area contributed by atoms with Crippen molar-refractivity contribution in [3.05, 3.63) is 102 Å². The van der Waals surface area contributed by atoms with Crippen LogP contribution in [0.5, 0.6) is 5.75 Å².